The lowest BCUT2D eigenvalue weighted by Gasteiger charge is -2.35. The van der Waals surface area contributed by atoms with Gasteiger partial charge in [-0.25, -0.2) is 4.39 Å². The molecule has 0 radical (unpaired) electrons. The molecule has 1 aliphatic rings. The molecule has 0 unspecified atom stereocenters. The number of para-hydroxylation sites is 1. The standard InChI is InChI=1S/C21H23ClFN3O2/c1-2-26(17-6-4-3-5-7-17)20(27)15-24-10-12-25(13-11-24)21(28)18-14-16(22)8-9-19(18)23/h3-9,14H,2,10-13,15H2,1H3. The Morgan fingerprint density at radius 1 is 1.07 bits per heavy atom. The number of hydrogen-bond acceptors (Lipinski definition) is 3. The molecule has 2 amide bonds. The summed E-state index contributed by atoms with van der Waals surface area (Å²) in [5.41, 5.74) is 0.860. The van der Waals surface area contributed by atoms with E-state index in [1.54, 1.807) is 9.80 Å². The van der Waals surface area contributed by atoms with E-state index < -0.39 is 5.82 Å². The third-order valence-electron chi connectivity index (χ3n) is 4.86. The second-order valence-electron chi connectivity index (χ2n) is 6.67. The van der Waals surface area contributed by atoms with Gasteiger partial charge in [0.05, 0.1) is 12.1 Å². The molecular weight excluding hydrogens is 381 g/mol. The van der Waals surface area contributed by atoms with Crippen molar-refractivity contribution in [2.75, 3.05) is 44.2 Å². The van der Waals surface area contributed by atoms with Crippen molar-refractivity contribution < 1.29 is 14.0 Å². The number of amides is 2. The van der Waals surface area contributed by atoms with Gasteiger partial charge in [-0.1, -0.05) is 29.8 Å². The molecule has 0 aromatic heterocycles. The number of likely N-dealkylation sites (N-methyl/N-ethyl adjacent to an activating group) is 1. The molecule has 0 spiro atoms. The summed E-state index contributed by atoms with van der Waals surface area (Å²) in [5, 5.41) is 0.328. The van der Waals surface area contributed by atoms with E-state index in [0.29, 0.717) is 37.7 Å². The van der Waals surface area contributed by atoms with Crippen LogP contribution in [0.15, 0.2) is 48.5 Å². The van der Waals surface area contributed by atoms with Crippen molar-refractivity contribution >= 4 is 29.1 Å². The third kappa shape index (κ3) is 4.69. The van der Waals surface area contributed by atoms with Gasteiger partial charge in [-0.05, 0) is 37.3 Å². The fraction of sp³-hybridized carbons (Fsp3) is 0.333. The number of halogens is 2. The predicted molar refractivity (Wildman–Crippen MR) is 108 cm³/mol. The Balaban J connectivity index is 1.57. The van der Waals surface area contributed by atoms with Crippen LogP contribution in [0.5, 0.6) is 0 Å². The molecule has 28 heavy (non-hydrogen) atoms. The smallest absolute Gasteiger partial charge is 0.256 e. The van der Waals surface area contributed by atoms with Crippen LogP contribution < -0.4 is 4.90 Å². The molecule has 0 N–H and O–H groups in total. The molecule has 0 saturated carbocycles. The molecule has 1 heterocycles. The quantitative estimate of drug-likeness (QED) is 0.769. The first-order valence-corrected chi connectivity index (χ1v) is 9.69. The SMILES string of the molecule is CCN(C(=O)CN1CCN(C(=O)c2cc(Cl)ccc2F)CC1)c1ccccc1. The Bertz CT molecular complexity index is 839. The minimum atomic E-state index is -0.576. The second kappa shape index (κ2) is 9.17. The Hall–Kier alpha value is -2.44. The van der Waals surface area contributed by atoms with Crippen molar-refractivity contribution in [2.24, 2.45) is 0 Å². The second-order valence-corrected chi connectivity index (χ2v) is 7.10. The maximum absolute atomic E-state index is 13.9. The topological polar surface area (TPSA) is 43.9 Å². The highest BCUT2D eigenvalue weighted by Crippen LogP contribution is 2.18. The fourth-order valence-corrected chi connectivity index (χ4v) is 3.50. The summed E-state index contributed by atoms with van der Waals surface area (Å²) in [6, 6.07) is 13.5. The highest BCUT2D eigenvalue weighted by atomic mass is 35.5. The first kappa shape index (κ1) is 20.3. The molecule has 3 rings (SSSR count). The summed E-state index contributed by atoms with van der Waals surface area (Å²) >= 11 is 5.89. The van der Waals surface area contributed by atoms with Gasteiger partial charge in [0.2, 0.25) is 5.91 Å². The summed E-state index contributed by atoms with van der Waals surface area (Å²) in [6.07, 6.45) is 0. The van der Waals surface area contributed by atoms with Crippen LogP contribution in [0.1, 0.15) is 17.3 Å². The van der Waals surface area contributed by atoms with Gasteiger partial charge >= 0.3 is 0 Å². The maximum atomic E-state index is 13.9. The number of benzene rings is 2. The highest BCUT2D eigenvalue weighted by Gasteiger charge is 2.26. The van der Waals surface area contributed by atoms with Crippen LogP contribution in [-0.2, 0) is 4.79 Å². The lowest BCUT2D eigenvalue weighted by Crippen LogP contribution is -2.51. The molecule has 148 valence electrons. The predicted octanol–water partition coefficient (Wildman–Crippen LogP) is 3.29. The zero-order valence-corrected chi connectivity index (χ0v) is 16.5. The molecule has 5 nitrogen and oxygen atoms in total. The van der Waals surface area contributed by atoms with Crippen molar-refractivity contribution in [2.45, 2.75) is 6.92 Å². The molecule has 0 bridgehead atoms. The highest BCUT2D eigenvalue weighted by molar-refractivity contribution is 6.31. The molecule has 7 heteroatoms. The minimum Gasteiger partial charge on any atom is -0.336 e. The van der Waals surface area contributed by atoms with E-state index in [0.717, 1.165) is 5.69 Å². The van der Waals surface area contributed by atoms with Crippen LogP contribution in [0.4, 0.5) is 10.1 Å². The molecule has 0 atom stereocenters. The number of carbonyl (C=O) groups excluding carboxylic acids is 2. The van der Waals surface area contributed by atoms with Gasteiger partial charge in [-0.2, -0.15) is 0 Å². The van der Waals surface area contributed by atoms with E-state index in [2.05, 4.69) is 0 Å². The summed E-state index contributed by atoms with van der Waals surface area (Å²) in [7, 11) is 0. The van der Waals surface area contributed by atoms with Crippen LogP contribution in [-0.4, -0.2) is 60.9 Å². The molecular formula is C21H23ClFN3O2. The van der Waals surface area contributed by atoms with Crippen molar-refractivity contribution in [3.05, 3.63) is 64.9 Å². The molecule has 1 aliphatic heterocycles. The summed E-state index contributed by atoms with van der Waals surface area (Å²) < 4.78 is 13.9. The van der Waals surface area contributed by atoms with E-state index in [9.17, 15) is 14.0 Å². The Morgan fingerprint density at radius 3 is 2.39 bits per heavy atom. The largest absolute Gasteiger partial charge is 0.336 e. The van der Waals surface area contributed by atoms with Gasteiger partial charge in [0.15, 0.2) is 0 Å². The van der Waals surface area contributed by atoms with Crippen LogP contribution in [0.25, 0.3) is 0 Å². The number of carbonyl (C=O) groups is 2. The monoisotopic (exact) mass is 403 g/mol. The maximum Gasteiger partial charge on any atom is 0.256 e. The molecule has 2 aromatic rings. The van der Waals surface area contributed by atoms with Crippen LogP contribution in [0.2, 0.25) is 5.02 Å². The zero-order chi connectivity index (χ0) is 20.1. The van der Waals surface area contributed by atoms with E-state index in [-0.39, 0.29) is 23.9 Å². The average molecular weight is 404 g/mol. The number of piperazine rings is 1. The van der Waals surface area contributed by atoms with Gasteiger partial charge < -0.3 is 9.80 Å². The van der Waals surface area contributed by atoms with Crippen LogP contribution >= 0.6 is 11.6 Å². The minimum absolute atomic E-state index is 0.0155. The van der Waals surface area contributed by atoms with Crippen molar-refractivity contribution in [1.82, 2.24) is 9.80 Å². The summed E-state index contributed by atoms with van der Waals surface area (Å²) in [4.78, 5) is 30.6. The van der Waals surface area contributed by atoms with Crippen LogP contribution in [0, 0.1) is 5.82 Å². The number of nitrogens with zero attached hydrogens (tertiary/aromatic N) is 3. The van der Waals surface area contributed by atoms with Crippen molar-refractivity contribution in [3.63, 3.8) is 0 Å². The van der Waals surface area contributed by atoms with Gasteiger partial charge in [-0.3, -0.25) is 14.5 Å². The fourth-order valence-electron chi connectivity index (χ4n) is 3.33. The Kier molecular flexibility index (Phi) is 6.65. The van der Waals surface area contributed by atoms with Gasteiger partial charge in [0.1, 0.15) is 5.82 Å². The Labute approximate surface area is 169 Å². The number of rotatable bonds is 5. The zero-order valence-electron chi connectivity index (χ0n) is 15.8. The van der Waals surface area contributed by atoms with E-state index in [4.69, 9.17) is 11.6 Å². The van der Waals surface area contributed by atoms with E-state index in [1.807, 2.05) is 42.2 Å². The van der Waals surface area contributed by atoms with Gasteiger partial charge in [-0.15, -0.1) is 0 Å². The van der Waals surface area contributed by atoms with Crippen molar-refractivity contribution in [1.29, 1.82) is 0 Å². The molecule has 0 aliphatic carbocycles. The average Bonchev–Trinajstić information content (AvgIpc) is 2.71. The van der Waals surface area contributed by atoms with Crippen molar-refractivity contribution in [3.8, 4) is 0 Å². The lowest BCUT2D eigenvalue weighted by atomic mass is 10.1. The van der Waals surface area contributed by atoms with Gasteiger partial charge in [0, 0.05) is 43.4 Å². The third-order valence-corrected chi connectivity index (χ3v) is 5.10. The number of hydrogen-bond donors (Lipinski definition) is 0. The Morgan fingerprint density at radius 2 is 1.75 bits per heavy atom. The molecule has 1 saturated heterocycles. The van der Waals surface area contributed by atoms with E-state index in [1.165, 1.54) is 18.2 Å². The number of anilines is 1. The molecule has 2 aromatic carbocycles. The first-order valence-electron chi connectivity index (χ1n) is 9.31. The van der Waals surface area contributed by atoms with Crippen LogP contribution in [0.3, 0.4) is 0 Å². The molecule has 1 fully saturated rings. The summed E-state index contributed by atoms with van der Waals surface area (Å²) in [5.74, 6) is -0.923. The first-order chi connectivity index (χ1) is 13.5. The normalized spacial score (nSPS) is 14.8. The summed E-state index contributed by atoms with van der Waals surface area (Å²) in [6.45, 7) is 4.83. The lowest BCUT2D eigenvalue weighted by molar-refractivity contribution is -0.120. The van der Waals surface area contributed by atoms with Gasteiger partial charge in [0.25, 0.3) is 5.91 Å². The van der Waals surface area contributed by atoms with E-state index >= 15 is 0 Å².